The summed E-state index contributed by atoms with van der Waals surface area (Å²) in [5.41, 5.74) is -1.05. The zero-order chi connectivity index (χ0) is 34.9. The summed E-state index contributed by atoms with van der Waals surface area (Å²) in [4.78, 5) is 17.4. The number of ether oxygens (including phenoxy) is 3. The predicted molar refractivity (Wildman–Crippen MR) is 185 cm³/mol. The van der Waals surface area contributed by atoms with Gasteiger partial charge in [-0.2, -0.15) is 0 Å². The minimum atomic E-state index is -1.26. The quantitative estimate of drug-likeness (QED) is 0.372. The van der Waals surface area contributed by atoms with Gasteiger partial charge in [-0.3, -0.25) is 9.69 Å². The largest absolute Gasteiger partial charge is 0.390 e. The van der Waals surface area contributed by atoms with Gasteiger partial charge in [-0.25, -0.2) is 0 Å². The molecular formula is C40H66N2O7. The predicted octanol–water partition coefficient (Wildman–Crippen LogP) is 4.60. The number of aliphatic hydroxyl groups excluding tert-OH is 2. The lowest BCUT2D eigenvalue weighted by Crippen LogP contribution is -2.60. The van der Waals surface area contributed by atoms with E-state index < -0.39 is 23.9 Å². The standard InChI is InChI=1S/C40H66N2O7/c1-24-20-25(33(44)36(4,5)46)48-32-31(24)37(6)14-15-40-23-39(40)13-12-28(35(2,3)26(39)10-11-27(40)38(37,7)34(32)45)49-30-22-42(18-19-47-30)29(43)21-41-16-8-9-17-41/h24-28,30-34,44-46H,8-23H2,1-7H3/t24-,25-,26+,27+,28?,30?,31?,32+,33?,34+,37-,38-,39?,40+/m1/s1. The van der Waals surface area contributed by atoms with E-state index in [1.807, 2.05) is 4.90 Å². The molecule has 5 saturated carbocycles. The lowest BCUT2D eigenvalue weighted by molar-refractivity contribution is -0.248. The van der Waals surface area contributed by atoms with Crippen molar-refractivity contribution in [3.63, 3.8) is 0 Å². The number of carbonyl (C=O) groups excluding carboxylic acids is 1. The topological polar surface area (TPSA) is 112 Å². The van der Waals surface area contributed by atoms with Gasteiger partial charge in [-0.1, -0.05) is 34.6 Å². The lowest BCUT2D eigenvalue weighted by Gasteiger charge is -2.64. The van der Waals surface area contributed by atoms with Crippen LogP contribution in [-0.2, 0) is 19.0 Å². The van der Waals surface area contributed by atoms with Crippen molar-refractivity contribution in [3.05, 3.63) is 0 Å². The third kappa shape index (κ3) is 4.90. The maximum atomic E-state index is 13.2. The van der Waals surface area contributed by atoms with Gasteiger partial charge in [0.15, 0.2) is 6.29 Å². The van der Waals surface area contributed by atoms with Crippen LogP contribution < -0.4 is 0 Å². The average Bonchev–Trinajstić information content (AvgIpc) is 3.33. The van der Waals surface area contributed by atoms with Gasteiger partial charge in [0, 0.05) is 12.0 Å². The Balaban J connectivity index is 0.985. The van der Waals surface area contributed by atoms with E-state index in [0.29, 0.717) is 50.4 Å². The van der Waals surface area contributed by atoms with E-state index in [1.165, 1.54) is 25.7 Å². The van der Waals surface area contributed by atoms with Gasteiger partial charge in [0.05, 0.1) is 49.7 Å². The van der Waals surface area contributed by atoms with Crippen LogP contribution in [0.4, 0.5) is 0 Å². The number of amides is 1. The number of carbonyl (C=O) groups is 1. The van der Waals surface area contributed by atoms with E-state index in [4.69, 9.17) is 14.2 Å². The number of hydrogen-bond acceptors (Lipinski definition) is 8. The van der Waals surface area contributed by atoms with Gasteiger partial charge in [0.1, 0.15) is 6.10 Å². The van der Waals surface area contributed by atoms with Gasteiger partial charge in [-0.05, 0) is 136 Å². The number of aliphatic hydroxyl groups is 3. The van der Waals surface area contributed by atoms with Crippen LogP contribution in [0.3, 0.4) is 0 Å². The van der Waals surface area contributed by atoms with Gasteiger partial charge in [0.25, 0.3) is 0 Å². The molecule has 0 radical (unpaired) electrons. The van der Waals surface area contributed by atoms with Crippen LogP contribution in [0.2, 0.25) is 0 Å². The number of morpholine rings is 1. The molecule has 9 heteroatoms. The first-order valence-corrected chi connectivity index (χ1v) is 20.0. The van der Waals surface area contributed by atoms with Crippen molar-refractivity contribution < 1.29 is 34.3 Å². The Hall–Kier alpha value is -0.810. The maximum Gasteiger partial charge on any atom is 0.237 e. The molecule has 278 valence electrons. The second-order valence-electron chi connectivity index (χ2n) is 19.9. The minimum absolute atomic E-state index is 0.0140. The summed E-state index contributed by atoms with van der Waals surface area (Å²) in [7, 11) is 0. The van der Waals surface area contributed by atoms with E-state index in [1.54, 1.807) is 13.8 Å². The molecule has 3 N–H and O–H groups in total. The van der Waals surface area contributed by atoms with Gasteiger partial charge in [-0.15, -0.1) is 0 Å². The normalized spacial score (nSPS) is 51.2. The first-order valence-electron chi connectivity index (χ1n) is 20.0. The fourth-order valence-electron chi connectivity index (χ4n) is 14.6. The molecular weight excluding hydrogens is 620 g/mol. The number of nitrogens with zero attached hydrogens (tertiary/aromatic N) is 2. The summed E-state index contributed by atoms with van der Waals surface area (Å²) in [5, 5.41) is 34.2. The smallest absolute Gasteiger partial charge is 0.237 e. The summed E-state index contributed by atoms with van der Waals surface area (Å²) in [6.07, 6.45) is 8.46. The molecule has 49 heavy (non-hydrogen) atoms. The maximum absolute atomic E-state index is 13.2. The van der Waals surface area contributed by atoms with Crippen molar-refractivity contribution in [3.8, 4) is 0 Å². The molecule has 5 unspecified atom stereocenters. The minimum Gasteiger partial charge on any atom is -0.390 e. The molecule has 8 fully saturated rings. The first kappa shape index (κ1) is 35.2. The molecule has 0 aromatic rings. The second kappa shape index (κ2) is 11.6. The Labute approximate surface area is 294 Å². The molecule has 1 amide bonds. The van der Waals surface area contributed by atoms with Crippen LogP contribution in [0.5, 0.6) is 0 Å². The molecule has 3 heterocycles. The fourth-order valence-corrected chi connectivity index (χ4v) is 14.6. The summed E-state index contributed by atoms with van der Waals surface area (Å²) in [6, 6.07) is 0. The molecule has 0 aromatic heterocycles. The highest BCUT2D eigenvalue weighted by Crippen LogP contribution is 2.89. The van der Waals surface area contributed by atoms with Crippen LogP contribution in [0.1, 0.15) is 113 Å². The summed E-state index contributed by atoms with van der Waals surface area (Å²) < 4.78 is 19.7. The van der Waals surface area contributed by atoms with Crippen LogP contribution in [0.15, 0.2) is 0 Å². The van der Waals surface area contributed by atoms with Gasteiger partial charge >= 0.3 is 0 Å². The van der Waals surface area contributed by atoms with Crippen molar-refractivity contribution in [2.24, 2.45) is 50.7 Å². The third-order valence-electron chi connectivity index (χ3n) is 17.1. The summed E-state index contributed by atoms with van der Waals surface area (Å²) in [6.45, 7) is 19.6. The summed E-state index contributed by atoms with van der Waals surface area (Å²) >= 11 is 0. The second-order valence-corrected chi connectivity index (χ2v) is 19.9. The molecule has 9 nitrogen and oxygen atoms in total. The van der Waals surface area contributed by atoms with Crippen LogP contribution >= 0.6 is 0 Å². The number of rotatable bonds is 6. The highest BCUT2D eigenvalue weighted by molar-refractivity contribution is 5.78. The Morgan fingerprint density at radius 1 is 1.00 bits per heavy atom. The zero-order valence-corrected chi connectivity index (χ0v) is 31.5. The molecule has 3 saturated heterocycles. The van der Waals surface area contributed by atoms with E-state index in [9.17, 15) is 20.1 Å². The molecule has 2 spiro atoms. The Bertz CT molecular complexity index is 1300. The zero-order valence-electron chi connectivity index (χ0n) is 31.5. The lowest BCUT2D eigenvalue weighted by atomic mass is 9.41. The molecule has 8 aliphatic rings. The van der Waals surface area contributed by atoms with Gasteiger partial charge < -0.3 is 34.4 Å². The Kier molecular flexibility index (Phi) is 8.34. The molecule has 14 atom stereocenters. The van der Waals surface area contributed by atoms with Crippen molar-refractivity contribution >= 4 is 5.91 Å². The molecule has 5 aliphatic carbocycles. The SMILES string of the molecule is C[C@@H]1C[C@H](C(O)C(C)(C)O)O[C@H]2C1[C@@]1(C)CC[C@@]34CC35CCC(OC3CN(C(=O)CN6CCCC6)CCO3)C(C)(C)[C@@H]5CC[C@H]4[C@]1(C)[C@H]2O. The van der Waals surface area contributed by atoms with Crippen molar-refractivity contribution in [2.45, 2.75) is 155 Å². The van der Waals surface area contributed by atoms with Crippen LogP contribution in [-0.4, -0.2) is 113 Å². The number of fused-ring (bicyclic) bond motifs is 4. The molecule has 0 bridgehead atoms. The molecule has 0 aromatic carbocycles. The van der Waals surface area contributed by atoms with Crippen LogP contribution in [0, 0.1) is 50.7 Å². The van der Waals surface area contributed by atoms with E-state index >= 15 is 0 Å². The first-order chi connectivity index (χ1) is 23.0. The Morgan fingerprint density at radius 3 is 2.41 bits per heavy atom. The number of likely N-dealkylation sites (tertiary alicyclic amines) is 1. The van der Waals surface area contributed by atoms with E-state index in [0.717, 1.165) is 45.2 Å². The fraction of sp³-hybridized carbons (Fsp3) is 0.975. The molecule has 3 aliphatic heterocycles. The highest BCUT2D eigenvalue weighted by atomic mass is 16.7. The van der Waals surface area contributed by atoms with E-state index in [2.05, 4.69) is 39.5 Å². The summed E-state index contributed by atoms with van der Waals surface area (Å²) in [5.74, 6) is 1.73. The highest BCUT2D eigenvalue weighted by Gasteiger charge is 2.84. The van der Waals surface area contributed by atoms with E-state index in [-0.39, 0.29) is 57.4 Å². The van der Waals surface area contributed by atoms with Crippen molar-refractivity contribution in [1.82, 2.24) is 9.80 Å². The third-order valence-corrected chi connectivity index (χ3v) is 17.1. The Morgan fingerprint density at radius 2 is 1.69 bits per heavy atom. The van der Waals surface area contributed by atoms with Crippen LogP contribution in [0.25, 0.3) is 0 Å². The van der Waals surface area contributed by atoms with Crippen molar-refractivity contribution in [1.29, 1.82) is 0 Å². The molecule has 8 rings (SSSR count). The van der Waals surface area contributed by atoms with Gasteiger partial charge in [0.2, 0.25) is 5.91 Å². The monoisotopic (exact) mass is 686 g/mol. The van der Waals surface area contributed by atoms with Crippen molar-refractivity contribution in [2.75, 3.05) is 39.3 Å². The number of hydrogen-bond donors (Lipinski definition) is 3. The average molecular weight is 687 g/mol.